The molecule has 0 aliphatic heterocycles. The van der Waals surface area contributed by atoms with Crippen LogP contribution in [-0.2, 0) is 25.5 Å². The van der Waals surface area contributed by atoms with Crippen LogP contribution in [0.25, 0.3) is 22.3 Å². The van der Waals surface area contributed by atoms with Crippen LogP contribution in [0, 0.1) is 5.92 Å². The molecule has 1 fully saturated rings. The highest BCUT2D eigenvalue weighted by Gasteiger charge is 2.22. The zero-order valence-electron chi connectivity index (χ0n) is 28.9. The molecule has 8 nitrogen and oxygen atoms in total. The summed E-state index contributed by atoms with van der Waals surface area (Å²) in [6.07, 6.45) is 11.5. The third-order valence-corrected chi connectivity index (χ3v) is 9.29. The Balaban J connectivity index is 1.48. The van der Waals surface area contributed by atoms with E-state index in [9.17, 15) is 9.59 Å². The zero-order valence-corrected chi connectivity index (χ0v) is 28.9. The van der Waals surface area contributed by atoms with Gasteiger partial charge in [-0.15, -0.1) is 0 Å². The molecule has 3 aromatic carbocycles. The van der Waals surface area contributed by atoms with Gasteiger partial charge in [0.15, 0.2) is 11.5 Å². The first-order valence-electron chi connectivity index (χ1n) is 17.3. The van der Waals surface area contributed by atoms with Crippen molar-refractivity contribution in [3.8, 4) is 33.8 Å². The van der Waals surface area contributed by atoms with E-state index in [4.69, 9.17) is 29.2 Å². The van der Waals surface area contributed by atoms with Gasteiger partial charge in [-0.2, -0.15) is 0 Å². The van der Waals surface area contributed by atoms with E-state index in [1.54, 1.807) is 12.1 Å². The number of unbranched alkanes of at least 4 members (excludes halogenated alkanes) is 2. The Hall–Kier alpha value is -4.40. The monoisotopic (exact) mass is 670 g/mol. The molecule has 49 heavy (non-hydrogen) atoms. The van der Waals surface area contributed by atoms with Gasteiger partial charge in [0.25, 0.3) is 0 Å². The molecule has 4 rings (SSSR count). The summed E-state index contributed by atoms with van der Waals surface area (Å²) in [5.74, 6) is 0.443. The summed E-state index contributed by atoms with van der Waals surface area (Å²) in [5.41, 5.74) is 6.61. The Kier molecular flexibility index (Phi) is 14.5. The first-order chi connectivity index (χ1) is 23.8. The van der Waals surface area contributed by atoms with E-state index in [2.05, 4.69) is 69.5 Å². The van der Waals surface area contributed by atoms with Crippen molar-refractivity contribution in [2.24, 2.45) is 5.92 Å². The minimum atomic E-state index is -0.793. The van der Waals surface area contributed by atoms with Crippen LogP contribution in [0.15, 0.2) is 85.0 Å². The number of hydrogen-bond acceptors (Lipinski definition) is 8. The Bertz CT molecular complexity index is 1570. The van der Waals surface area contributed by atoms with E-state index in [-0.39, 0.29) is 22.6 Å². The zero-order chi connectivity index (χ0) is 35.2. The second-order valence-corrected chi connectivity index (χ2v) is 12.6. The first kappa shape index (κ1) is 37.4. The van der Waals surface area contributed by atoms with Crippen molar-refractivity contribution < 1.29 is 38.7 Å². The van der Waals surface area contributed by atoms with Gasteiger partial charge in [0, 0.05) is 0 Å². The van der Waals surface area contributed by atoms with Gasteiger partial charge in [-0.1, -0.05) is 101 Å². The maximum atomic E-state index is 12.0. The molecule has 0 radical (unpaired) electrons. The minimum Gasteiger partial charge on any atom is -0.453 e. The molecule has 0 atom stereocenters. The number of rotatable bonds is 18. The normalized spacial score (nSPS) is 15.7. The molecular weight excluding hydrogens is 620 g/mol. The standard InChI is InChI=1S/C41H50O8/c1-5-7-8-9-30-10-12-32(13-11-30)33-14-16-34(17-15-33)37-20-18-35(22-31(37)6-2)36-19-21-38(46-26-48-40(44)28(3)24-42)39(23-36)47-27-49-41(45)29(4)25-43/h14-23,30,32,42-43H,3-13,24-27H2,1-2H3. The van der Waals surface area contributed by atoms with Crippen LogP contribution in [0.5, 0.6) is 11.5 Å². The van der Waals surface area contributed by atoms with Crippen LogP contribution < -0.4 is 9.47 Å². The van der Waals surface area contributed by atoms with E-state index < -0.39 is 38.7 Å². The smallest absolute Gasteiger partial charge is 0.338 e. The maximum Gasteiger partial charge on any atom is 0.338 e. The van der Waals surface area contributed by atoms with Gasteiger partial charge >= 0.3 is 11.9 Å². The predicted octanol–water partition coefficient (Wildman–Crippen LogP) is 8.29. The number of aliphatic hydroxyl groups is 2. The van der Waals surface area contributed by atoms with Gasteiger partial charge < -0.3 is 29.2 Å². The highest BCUT2D eigenvalue weighted by atomic mass is 16.7. The molecule has 0 spiro atoms. The lowest BCUT2D eigenvalue weighted by atomic mass is 9.77. The van der Waals surface area contributed by atoms with Gasteiger partial charge in [-0.25, -0.2) is 9.59 Å². The molecule has 0 amide bonds. The van der Waals surface area contributed by atoms with Crippen LogP contribution in [0.2, 0.25) is 0 Å². The number of esters is 2. The third kappa shape index (κ3) is 10.5. The lowest BCUT2D eigenvalue weighted by Gasteiger charge is -2.29. The van der Waals surface area contributed by atoms with E-state index >= 15 is 0 Å². The molecule has 2 N–H and O–H groups in total. The SMILES string of the molecule is C=C(CO)C(=O)OCOc1ccc(-c2ccc(-c3ccc(C4CCC(CCCCC)CC4)cc3)c(CC)c2)cc1OCOC(=O)C(=C)CO. The van der Waals surface area contributed by atoms with Gasteiger partial charge in [-0.05, 0) is 89.5 Å². The van der Waals surface area contributed by atoms with Crippen molar-refractivity contribution >= 4 is 11.9 Å². The summed E-state index contributed by atoms with van der Waals surface area (Å²) in [5, 5.41) is 18.2. The van der Waals surface area contributed by atoms with Gasteiger partial charge in [0.05, 0.1) is 24.4 Å². The van der Waals surface area contributed by atoms with Crippen molar-refractivity contribution in [1.29, 1.82) is 0 Å². The van der Waals surface area contributed by atoms with E-state index in [0.29, 0.717) is 5.92 Å². The summed E-state index contributed by atoms with van der Waals surface area (Å²) in [7, 11) is 0. The summed E-state index contributed by atoms with van der Waals surface area (Å²) >= 11 is 0. The topological polar surface area (TPSA) is 112 Å². The maximum absolute atomic E-state index is 12.0. The molecule has 0 bridgehead atoms. The van der Waals surface area contributed by atoms with Crippen LogP contribution in [0.1, 0.15) is 82.3 Å². The van der Waals surface area contributed by atoms with Crippen molar-refractivity contribution in [3.05, 3.63) is 96.1 Å². The molecule has 1 aliphatic rings. The molecule has 0 saturated heterocycles. The quantitative estimate of drug-likeness (QED) is 0.0602. The molecular formula is C41H50O8. The van der Waals surface area contributed by atoms with E-state index in [1.165, 1.54) is 73.6 Å². The van der Waals surface area contributed by atoms with Crippen LogP contribution in [0.3, 0.4) is 0 Å². The number of aryl methyl sites for hydroxylation is 1. The fraction of sp³-hybridized carbons (Fsp3) is 0.415. The Morgan fingerprint density at radius 2 is 1.29 bits per heavy atom. The summed E-state index contributed by atoms with van der Waals surface area (Å²) in [4.78, 5) is 23.8. The second kappa shape index (κ2) is 19.0. The summed E-state index contributed by atoms with van der Waals surface area (Å²) in [6, 6.07) is 20.8. The first-order valence-corrected chi connectivity index (χ1v) is 17.3. The molecule has 3 aromatic rings. The van der Waals surface area contributed by atoms with Crippen molar-refractivity contribution in [2.45, 2.75) is 77.6 Å². The molecule has 1 saturated carbocycles. The molecule has 1 aliphatic carbocycles. The minimum absolute atomic E-state index is 0.104. The Morgan fingerprint density at radius 1 is 0.714 bits per heavy atom. The Labute approximate surface area is 290 Å². The second-order valence-electron chi connectivity index (χ2n) is 12.6. The number of carbonyl (C=O) groups excluding carboxylic acids is 2. The van der Waals surface area contributed by atoms with Crippen molar-refractivity contribution in [1.82, 2.24) is 0 Å². The highest BCUT2D eigenvalue weighted by molar-refractivity contribution is 5.88. The van der Waals surface area contributed by atoms with Gasteiger partial charge in [0.1, 0.15) is 0 Å². The third-order valence-electron chi connectivity index (χ3n) is 9.29. The molecule has 0 heterocycles. The van der Waals surface area contributed by atoms with E-state index in [0.717, 1.165) is 23.5 Å². The van der Waals surface area contributed by atoms with E-state index in [1.807, 2.05) is 6.07 Å². The van der Waals surface area contributed by atoms with Crippen molar-refractivity contribution in [2.75, 3.05) is 26.8 Å². The molecule has 0 aromatic heterocycles. The lowest BCUT2D eigenvalue weighted by Crippen LogP contribution is -2.15. The number of aliphatic hydroxyl groups excluding tert-OH is 2. The highest BCUT2D eigenvalue weighted by Crippen LogP contribution is 2.39. The molecule has 0 unspecified atom stereocenters. The largest absolute Gasteiger partial charge is 0.453 e. The van der Waals surface area contributed by atoms with Crippen LogP contribution in [0.4, 0.5) is 0 Å². The van der Waals surface area contributed by atoms with Crippen LogP contribution >= 0.6 is 0 Å². The summed E-state index contributed by atoms with van der Waals surface area (Å²) in [6.45, 7) is 9.32. The Morgan fingerprint density at radius 3 is 1.88 bits per heavy atom. The van der Waals surface area contributed by atoms with Crippen LogP contribution in [-0.4, -0.2) is 49.0 Å². The number of carbonyl (C=O) groups is 2. The number of benzene rings is 3. The fourth-order valence-electron chi connectivity index (χ4n) is 6.30. The number of ether oxygens (including phenoxy) is 4. The van der Waals surface area contributed by atoms with Gasteiger partial charge in [0.2, 0.25) is 13.6 Å². The molecule has 262 valence electrons. The predicted molar refractivity (Wildman–Crippen MR) is 191 cm³/mol. The molecule has 8 heteroatoms. The lowest BCUT2D eigenvalue weighted by molar-refractivity contribution is -0.147. The van der Waals surface area contributed by atoms with Crippen molar-refractivity contribution in [3.63, 3.8) is 0 Å². The average molecular weight is 671 g/mol. The average Bonchev–Trinajstić information content (AvgIpc) is 3.14. The summed E-state index contributed by atoms with van der Waals surface area (Å²) < 4.78 is 21.4. The fourth-order valence-corrected chi connectivity index (χ4v) is 6.30. The van der Waals surface area contributed by atoms with Gasteiger partial charge in [-0.3, -0.25) is 0 Å². The number of hydrogen-bond donors (Lipinski definition) is 2.